The Labute approximate surface area is 131 Å². The van der Waals surface area contributed by atoms with Gasteiger partial charge in [-0.1, -0.05) is 30.3 Å². The Hall–Kier alpha value is -2.04. The number of carbonyl (C=O) groups is 2. The average molecular weight is 305 g/mol. The smallest absolute Gasteiger partial charge is 0.411 e. The summed E-state index contributed by atoms with van der Waals surface area (Å²) in [6.45, 7) is 5.43. The molecule has 2 atom stereocenters. The molecule has 1 heterocycles. The van der Waals surface area contributed by atoms with E-state index < -0.39 is 23.7 Å². The van der Waals surface area contributed by atoms with Gasteiger partial charge in [-0.2, -0.15) is 0 Å². The minimum Gasteiger partial charge on any atom is -0.467 e. The van der Waals surface area contributed by atoms with Crippen LogP contribution in [0.25, 0.3) is 0 Å². The van der Waals surface area contributed by atoms with Gasteiger partial charge in [0.25, 0.3) is 0 Å². The van der Waals surface area contributed by atoms with Gasteiger partial charge in [0.2, 0.25) is 0 Å². The summed E-state index contributed by atoms with van der Waals surface area (Å²) in [5, 5.41) is 0. The van der Waals surface area contributed by atoms with E-state index in [1.807, 2.05) is 51.1 Å². The fourth-order valence-corrected chi connectivity index (χ4v) is 2.75. The maximum Gasteiger partial charge on any atom is 0.411 e. The van der Waals surface area contributed by atoms with Crippen LogP contribution < -0.4 is 0 Å². The molecule has 0 spiro atoms. The molecule has 1 aliphatic heterocycles. The van der Waals surface area contributed by atoms with Crippen LogP contribution in [0.3, 0.4) is 0 Å². The summed E-state index contributed by atoms with van der Waals surface area (Å²) in [6.07, 6.45) is 0.809. The topological polar surface area (TPSA) is 55.8 Å². The molecule has 0 aromatic heterocycles. The summed E-state index contributed by atoms with van der Waals surface area (Å²) in [5.74, 6) is -0.399. The molecule has 0 radical (unpaired) electrons. The van der Waals surface area contributed by atoms with Crippen LogP contribution in [0.1, 0.15) is 45.2 Å². The van der Waals surface area contributed by atoms with E-state index in [-0.39, 0.29) is 6.04 Å². The van der Waals surface area contributed by atoms with Crippen molar-refractivity contribution in [3.8, 4) is 0 Å². The molecular formula is C17H23NO4. The lowest BCUT2D eigenvalue weighted by Crippen LogP contribution is -2.44. The number of carbonyl (C=O) groups excluding carboxylic acids is 2. The Kier molecular flexibility index (Phi) is 4.74. The van der Waals surface area contributed by atoms with E-state index in [2.05, 4.69) is 0 Å². The summed E-state index contributed by atoms with van der Waals surface area (Å²) in [4.78, 5) is 26.1. The van der Waals surface area contributed by atoms with Crippen molar-refractivity contribution in [3.05, 3.63) is 35.9 Å². The van der Waals surface area contributed by atoms with Gasteiger partial charge in [0.15, 0.2) is 0 Å². The first-order valence-corrected chi connectivity index (χ1v) is 7.47. The number of nitrogens with zero attached hydrogens (tertiary/aromatic N) is 1. The number of hydrogen-bond donors (Lipinski definition) is 0. The molecule has 1 fully saturated rings. The minimum absolute atomic E-state index is 0.167. The van der Waals surface area contributed by atoms with E-state index in [1.54, 1.807) is 0 Å². The number of benzene rings is 1. The second-order valence-electron chi connectivity index (χ2n) is 6.43. The molecule has 0 unspecified atom stereocenters. The molecule has 1 saturated heterocycles. The van der Waals surface area contributed by atoms with E-state index >= 15 is 0 Å². The van der Waals surface area contributed by atoms with Crippen LogP contribution in [0.4, 0.5) is 4.79 Å². The Bertz CT molecular complexity index is 535. The van der Waals surface area contributed by atoms with Crippen LogP contribution in [-0.2, 0) is 14.3 Å². The van der Waals surface area contributed by atoms with Crippen molar-refractivity contribution < 1.29 is 19.1 Å². The third-order valence-corrected chi connectivity index (χ3v) is 3.65. The number of amides is 1. The van der Waals surface area contributed by atoms with Crippen molar-refractivity contribution in [2.45, 2.75) is 51.3 Å². The number of methoxy groups -OCH3 is 1. The number of esters is 1. The second-order valence-corrected chi connectivity index (χ2v) is 6.43. The third kappa shape index (κ3) is 3.59. The van der Waals surface area contributed by atoms with Crippen LogP contribution in [0.2, 0.25) is 0 Å². The average Bonchev–Trinajstić information content (AvgIpc) is 2.90. The number of likely N-dealkylation sites (tertiary alicyclic amines) is 1. The highest BCUT2D eigenvalue weighted by molar-refractivity contribution is 5.82. The molecule has 0 N–H and O–H groups in total. The summed E-state index contributed by atoms with van der Waals surface area (Å²) in [5.41, 5.74) is 0.390. The monoisotopic (exact) mass is 305 g/mol. The maximum atomic E-state index is 12.6. The van der Waals surface area contributed by atoms with Crippen molar-refractivity contribution >= 4 is 12.1 Å². The molecule has 0 aliphatic carbocycles. The van der Waals surface area contributed by atoms with Gasteiger partial charge in [0, 0.05) is 0 Å². The Morgan fingerprint density at radius 2 is 1.77 bits per heavy atom. The van der Waals surface area contributed by atoms with Crippen molar-refractivity contribution in [2.75, 3.05) is 7.11 Å². The van der Waals surface area contributed by atoms with Crippen LogP contribution in [0.15, 0.2) is 30.3 Å². The zero-order valence-corrected chi connectivity index (χ0v) is 13.5. The molecule has 5 nitrogen and oxygen atoms in total. The van der Waals surface area contributed by atoms with Crippen molar-refractivity contribution in [2.24, 2.45) is 0 Å². The van der Waals surface area contributed by atoms with Gasteiger partial charge in [-0.3, -0.25) is 4.90 Å². The van der Waals surface area contributed by atoms with E-state index in [1.165, 1.54) is 12.0 Å². The van der Waals surface area contributed by atoms with Gasteiger partial charge in [0.1, 0.15) is 11.6 Å². The van der Waals surface area contributed by atoms with Gasteiger partial charge < -0.3 is 9.47 Å². The fraction of sp³-hybridized carbons (Fsp3) is 0.529. The summed E-state index contributed by atoms with van der Waals surface area (Å²) >= 11 is 0. The molecular weight excluding hydrogens is 282 g/mol. The van der Waals surface area contributed by atoms with Crippen LogP contribution in [-0.4, -0.2) is 35.7 Å². The molecule has 1 aliphatic rings. The van der Waals surface area contributed by atoms with Crippen LogP contribution in [0.5, 0.6) is 0 Å². The number of hydrogen-bond acceptors (Lipinski definition) is 4. The second kappa shape index (κ2) is 6.38. The molecule has 0 saturated carbocycles. The lowest BCUT2D eigenvalue weighted by atomic mass is 10.1. The van der Waals surface area contributed by atoms with E-state index in [4.69, 9.17) is 9.47 Å². The zero-order valence-electron chi connectivity index (χ0n) is 13.5. The first-order chi connectivity index (χ1) is 10.3. The largest absolute Gasteiger partial charge is 0.467 e. The Balaban J connectivity index is 2.30. The number of rotatable bonds is 2. The van der Waals surface area contributed by atoms with E-state index in [0.29, 0.717) is 12.8 Å². The van der Waals surface area contributed by atoms with E-state index in [9.17, 15) is 9.59 Å². The minimum atomic E-state index is -0.610. The van der Waals surface area contributed by atoms with Gasteiger partial charge in [0.05, 0.1) is 13.2 Å². The predicted molar refractivity (Wildman–Crippen MR) is 82.3 cm³/mol. The molecule has 5 heteroatoms. The van der Waals surface area contributed by atoms with Gasteiger partial charge in [-0.25, -0.2) is 9.59 Å². The molecule has 120 valence electrons. The van der Waals surface area contributed by atoms with Crippen LogP contribution in [0, 0.1) is 0 Å². The quantitative estimate of drug-likeness (QED) is 0.787. The molecule has 0 bridgehead atoms. The SMILES string of the molecule is COC(=O)[C@H]1CC[C@@H](c2ccccc2)N1C(=O)OC(C)(C)C. The highest BCUT2D eigenvalue weighted by atomic mass is 16.6. The van der Waals surface area contributed by atoms with E-state index in [0.717, 1.165) is 5.56 Å². The maximum absolute atomic E-state index is 12.6. The Morgan fingerprint density at radius 3 is 2.32 bits per heavy atom. The van der Waals surface area contributed by atoms with Gasteiger partial charge in [-0.15, -0.1) is 0 Å². The lowest BCUT2D eigenvalue weighted by Gasteiger charge is -2.31. The standard InChI is InChI=1S/C17H23NO4/c1-17(2,3)22-16(20)18-13(12-8-6-5-7-9-12)10-11-14(18)15(19)21-4/h5-9,13-14H,10-11H2,1-4H3/t13-,14+/m0/s1. The summed E-state index contributed by atoms with van der Waals surface area (Å²) in [7, 11) is 1.34. The molecule has 1 aromatic rings. The summed E-state index contributed by atoms with van der Waals surface area (Å²) in [6, 6.07) is 8.93. The van der Waals surface area contributed by atoms with Crippen molar-refractivity contribution in [1.29, 1.82) is 0 Å². The van der Waals surface area contributed by atoms with Gasteiger partial charge in [-0.05, 0) is 39.2 Å². The third-order valence-electron chi connectivity index (χ3n) is 3.65. The molecule has 1 amide bonds. The Morgan fingerprint density at radius 1 is 1.14 bits per heavy atom. The molecule has 1 aromatic carbocycles. The fourth-order valence-electron chi connectivity index (χ4n) is 2.75. The van der Waals surface area contributed by atoms with Crippen LogP contribution >= 0.6 is 0 Å². The van der Waals surface area contributed by atoms with Gasteiger partial charge >= 0.3 is 12.1 Å². The summed E-state index contributed by atoms with van der Waals surface area (Å²) < 4.78 is 10.3. The predicted octanol–water partition coefficient (Wildman–Crippen LogP) is 3.30. The first-order valence-electron chi connectivity index (χ1n) is 7.47. The highest BCUT2D eigenvalue weighted by Gasteiger charge is 2.44. The zero-order chi connectivity index (χ0) is 16.3. The molecule has 2 rings (SSSR count). The lowest BCUT2D eigenvalue weighted by molar-refractivity contribution is -0.146. The highest BCUT2D eigenvalue weighted by Crippen LogP contribution is 2.37. The molecule has 22 heavy (non-hydrogen) atoms. The van der Waals surface area contributed by atoms with Crippen molar-refractivity contribution in [3.63, 3.8) is 0 Å². The first kappa shape index (κ1) is 16.3. The number of ether oxygens (including phenoxy) is 2. The normalized spacial score (nSPS) is 21.5. The van der Waals surface area contributed by atoms with Crippen molar-refractivity contribution in [1.82, 2.24) is 4.90 Å².